The summed E-state index contributed by atoms with van der Waals surface area (Å²) in [6.45, 7) is 5.92. The lowest BCUT2D eigenvalue weighted by molar-refractivity contribution is 0.981. The summed E-state index contributed by atoms with van der Waals surface area (Å²) in [5.74, 6) is 0. The monoisotopic (exact) mass is 126 g/mol. The Morgan fingerprint density at radius 2 is 1.89 bits per heavy atom. The van der Waals surface area contributed by atoms with Crippen LogP contribution in [-0.2, 0) is 0 Å². The lowest BCUT2D eigenvalue weighted by Crippen LogP contribution is -2.00. The van der Waals surface area contributed by atoms with Gasteiger partial charge in [0.05, 0.1) is 0 Å². The summed E-state index contributed by atoms with van der Waals surface area (Å²) in [6, 6.07) is 0. The zero-order valence-corrected chi connectivity index (χ0v) is 6.52. The van der Waals surface area contributed by atoms with E-state index in [-0.39, 0.29) is 0 Å². The predicted octanol–water partition coefficient (Wildman–Crippen LogP) is 1.55. The Morgan fingerprint density at radius 1 is 1.33 bits per heavy atom. The van der Waals surface area contributed by atoms with Crippen LogP contribution in [0, 0.1) is 0 Å². The van der Waals surface area contributed by atoms with Crippen LogP contribution in [0.3, 0.4) is 0 Å². The van der Waals surface area contributed by atoms with Crippen molar-refractivity contribution >= 4 is 5.71 Å². The van der Waals surface area contributed by atoms with Crippen LogP contribution in [0.2, 0.25) is 0 Å². The third-order valence-corrected chi connectivity index (χ3v) is 0.911. The van der Waals surface area contributed by atoms with E-state index in [1.807, 2.05) is 34.0 Å². The van der Waals surface area contributed by atoms with Gasteiger partial charge in [0.15, 0.2) is 0 Å². The number of nitrogens with zero attached hydrogens (tertiary/aromatic N) is 1. The Hall–Kier alpha value is -0.790. The summed E-state index contributed by atoms with van der Waals surface area (Å²) in [4.78, 5) is 4.09. The molecule has 0 aromatic rings. The van der Waals surface area contributed by atoms with Gasteiger partial charge >= 0.3 is 0 Å². The van der Waals surface area contributed by atoms with Crippen molar-refractivity contribution < 1.29 is 0 Å². The van der Waals surface area contributed by atoms with Crippen LogP contribution in [0.15, 0.2) is 16.9 Å². The molecule has 0 amide bonds. The zero-order valence-electron chi connectivity index (χ0n) is 6.52. The molecule has 0 bridgehead atoms. The normalized spacial score (nSPS) is 10.9. The smallest absolute Gasteiger partial charge is 0.0453 e. The summed E-state index contributed by atoms with van der Waals surface area (Å²) in [5, 5.41) is 2.97. The highest BCUT2D eigenvalue weighted by Gasteiger charge is 1.77. The quantitative estimate of drug-likeness (QED) is 0.558. The van der Waals surface area contributed by atoms with Crippen LogP contribution in [0.4, 0.5) is 0 Å². The number of rotatable bonds is 2. The van der Waals surface area contributed by atoms with Crippen molar-refractivity contribution in [3.63, 3.8) is 0 Å². The molecule has 52 valence electrons. The largest absolute Gasteiger partial charge is 0.390 e. The third-order valence-electron chi connectivity index (χ3n) is 0.911. The highest BCUT2D eigenvalue weighted by Crippen LogP contribution is 1.85. The Morgan fingerprint density at radius 3 is 2.22 bits per heavy atom. The molecule has 0 fully saturated rings. The van der Waals surface area contributed by atoms with Gasteiger partial charge in [0.1, 0.15) is 0 Å². The lowest BCUT2D eigenvalue weighted by atomic mass is 10.5. The van der Waals surface area contributed by atoms with Gasteiger partial charge in [-0.2, -0.15) is 0 Å². The number of nitrogens with one attached hydrogen (secondary N) is 1. The van der Waals surface area contributed by atoms with E-state index >= 15 is 0 Å². The molecule has 0 heterocycles. The average Bonchev–Trinajstić information content (AvgIpc) is 1.83. The van der Waals surface area contributed by atoms with Crippen LogP contribution in [0.25, 0.3) is 0 Å². The fourth-order valence-corrected chi connectivity index (χ4v) is 0.290. The lowest BCUT2D eigenvalue weighted by Gasteiger charge is -1.93. The van der Waals surface area contributed by atoms with E-state index in [4.69, 9.17) is 0 Å². The number of aliphatic imine (C=N–C) groups is 1. The third kappa shape index (κ3) is 5.07. The van der Waals surface area contributed by atoms with Gasteiger partial charge in [-0.25, -0.2) is 0 Å². The maximum absolute atomic E-state index is 4.09. The standard InChI is InChI=1S/C7H14N2/c1-6(2)9-5-7(3)8-4/h5,8H,1-4H3/b7-5-. The van der Waals surface area contributed by atoms with Crippen LogP contribution in [0.5, 0.6) is 0 Å². The Bertz CT molecular complexity index is 130. The van der Waals surface area contributed by atoms with Gasteiger partial charge in [0, 0.05) is 24.7 Å². The second-order valence-corrected chi connectivity index (χ2v) is 2.14. The van der Waals surface area contributed by atoms with Gasteiger partial charge in [-0.15, -0.1) is 0 Å². The molecule has 0 aliphatic heterocycles. The molecular formula is C7H14N2. The van der Waals surface area contributed by atoms with E-state index in [9.17, 15) is 0 Å². The van der Waals surface area contributed by atoms with Crippen molar-refractivity contribution in [3.8, 4) is 0 Å². The maximum atomic E-state index is 4.09. The molecule has 0 aromatic carbocycles. The molecule has 0 atom stereocenters. The first-order chi connectivity index (χ1) is 4.16. The van der Waals surface area contributed by atoms with Crippen molar-refractivity contribution in [1.82, 2.24) is 5.32 Å². The van der Waals surface area contributed by atoms with Gasteiger partial charge in [-0.3, -0.25) is 4.99 Å². The minimum Gasteiger partial charge on any atom is -0.390 e. The van der Waals surface area contributed by atoms with Gasteiger partial charge in [-0.05, 0) is 20.8 Å². The number of allylic oxidation sites excluding steroid dienone is 1. The SMILES string of the molecule is CN/C(C)=C\N=C(C)C. The molecule has 0 saturated carbocycles. The first-order valence-electron chi connectivity index (χ1n) is 3.02. The molecule has 0 radical (unpaired) electrons. The van der Waals surface area contributed by atoms with Crippen LogP contribution in [0.1, 0.15) is 20.8 Å². The Kier molecular flexibility index (Phi) is 3.76. The van der Waals surface area contributed by atoms with Crippen molar-refractivity contribution in [1.29, 1.82) is 0 Å². The second kappa shape index (κ2) is 4.13. The van der Waals surface area contributed by atoms with Crippen molar-refractivity contribution in [2.24, 2.45) is 4.99 Å². The Balaban J connectivity index is 3.83. The van der Waals surface area contributed by atoms with E-state index in [1.54, 1.807) is 0 Å². The van der Waals surface area contributed by atoms with Crippen LogP contribution >= 0.6 is 0 Å². The molecule has 0 aromatic heterocycles. The first kappa shape index (κ1) is 8.21. The summed E-state index contributed by atoms with van der Waals surface area (Å²) >= 11 is 0. The van der Waals surface area contributed by atoms with E-state index < -0.39 is 0 Å². The van der Waals surface area contributed by atoms with E-state index in [0.717, 1.165) is 11.4 Å². The molecule has 0 unspecified atom stereocenters. The molecule has 2 heteroatoms. The van der Waals surface area contributed by atoms with Crippen molar-refractivity contribution in [3.05, 3.63) is 11.9 Å². The summed E-state index contributed by atoms with van der Waals surface area (Å²) in [7, 11) is 1.88. The van der Waals surface area contributed by atoms with Crippen molar-refractivity contribution in [2.45, 2.75) is 20.8 Å². The van der Waals surface area contributed by atoms with Crippen LogP contribution in [-0.4, -0.2) is 12.8 Å². The highest BCUT2D eigenvalue weighted by atomic mass is 14.8. The molecule has 0 spiro atoms. The number of hydrogen-bond donors (Lipinski definition) is 1. The van der Waals surface area contributed by atoms with Gasteiger partial charge in [-0.1, -0.05) is 0 Å². The summed E-state index contributed by atoms with van der Waals surface area (Å²) in [6.07, 6.45) is 1.81. The average molecular weight is 126 g/mol. The summed E-state index contributed by atoms with van der Waals surface area (Å²) < 4.78 is 0. The number of hydrogen-bond acceptors (Lipinski definition) is 2. The predicted molar refractivity (Wildman–Crippen MR) is 41.6 cm³/mol. The van der Waals surface area contributed by atoms with Gasteiger partial charge < -0.3 is 5.32 Å². The maximum Gasteiger partial charge on any atom is 0.0453 e. The molecular weight excluding hydrogens is 112 g/mol. The molecule has 0 aliphatic carbocycles. The topological polar surface area (TPSA) is 24.4 Å². The minimum atomic E-state index is 1.07. The highest BCUT2D eigenvalue weighted by molar-refractivity contribution is 5.79. The fraction of sp³-hybridized carbons (Fsp3) is 0.571. The molecule has 0 saturated heterocycles. The second-order valence-electron chi connectivity index (χ2n) is 2.14. The molecule has 9 heavy (non-hydrogen) atoms. The molecule has 0 aliphatic rings. The van der Waals surface area contributed by atoms with E-state index in [2.05, 4.69) is 10.3 Å². The van der Waals surface area contributed by atoms with Gasteiger partial charge in [0.25, 0.3) is 0 Å². The summed E-state index contributed by atoms with van der Waals surface area (Å²) in [5.41, 5.74) is 2.15. The molecule has 1 N–H and O–H groups in total. The fourth-order valence-electron chi connectivity index (χ4n) is 0.290. The molecule has 2 nitrogen and oxygen atoms in total. The van der Waals surface area contributed by atoms with Crippen LogP contribution < -0.4 is 5.32 Å². The van der Waals surface area contributed by atoms with E-state index in [1.165, 1.54) is 0 Å². The van der Waals surface area contributed by atoms with Crippen molar-refractivity contribution in [2.75, 3.05) is 7.05 Å². The first-order valence-corrected chi connectivity index (χ1v) is 3.02. The Labute approximate surface area is 56.7 Å². The molecule has 0 rings (SSSR count). The van der Waals surface area contributed by atoms with E-state index in [0.29, 0.717) is 0 Å². The minimum absolute atomic E-state index is 1.07. The van der Waals surface area contributed by atoms with Gasteiger partial charge in [0.2, 0.25) is 0 Å². The zero-order chi connectivity index (χ0) is 7.28.